The SMILES string of the molecule is CC[C@]1(O)CC[C@H]2[C@@H]3CCC4=C(C)[C@@H](O)CC[C@]4(C=O)[C@H]3CC[C@@]21C. The Morgan fingerprint density at radius 3 is 2.52 bits per heavy atom. The molecule has 7 atom stereocenters. The zero-order chi connectivity index (χ0) is 18.0. The Kier molecular flexibility index (Phi) is 4.01. The Morgan fingerprint density at radius 1 is 1.12 bits per heavy atom. The van der Waals surface area contributed by atoms with E-state index in [4.69, 9.17) is 0 Å². The molecule has 0 bridgehead atoms. The molecule has 0 radical (unpaired) electrons. The van der Waals surface area contributed by atoms with Crippen LogP contribution in [0.1, 0.15) is 78.6 Å². The zero-order valence-corrected chi connectivity index (χ0v) is 16.1. The quantitative estimate of drug-likeness (QED) is 0.586. The van der Waals surface area contributed by atoms with Crippen LogP contribution < -0.4 is 0 Å². The van der Waals surface area contributed by atoms with Gasteiger partial charge >= 0.3 is 0 Å². The minimum atomic E-state index is -0.522. The molecule has 0 aromatic heterocycles. The molecule has 25 heavy (non-hydrogen) atoms. The fraction of sp³-hybridized carbons (Fsp3) is 0.864. The maximum Gasteiger partial charge on any atom is 0.130 e. The summed E-state index contributed by atoms with van der Waals surface area (Å²) in [5.74, 6) is 1.51. The molecule has 0 saturated heterocycles. The first kappa shape index (κ1) is 17.7. The normalized spacial score (nSPS) is 52.4. The van der Waals surface area contributed by atoms with Crippen molar-refractivity contribution in [1.82, 2.24) is 0 Å². The summed E-state index contributed by atoms with van der Waals surface area (Å²) in [5, 5.41) is 21.6. The van der Waals surface area contributed by atoms with E-state index in [2.05, 4.69) is 13.8 Å². The monoisotopic (exact) mass is 346 g/mol. The van der Waals surface area contributed by atoms with Gasteiger partial charge in [-0.1, -0.05) is 19.4 Å². The fourth-order valence-electron chi connectivity index (χ4n) is 7.70. The van der Waals surface area contributed by atoms with Gasteiger partial charge in [0, 0.05) is 0 Å². The van der Waals surface area contributed by atoms with E-state index >= 15 is 0 Å². The Hall–Kier alpha value is -0.670. The molecular formula is C22H34O3. The maximum atomic E-state index is 12.4. The summed E-state index contributed by atoms with van der Waals surface area (Å²) >= 11 is 0. The highest BCUT2D eigenvalue weighted by Gasteiger charge is 2.64. The molecule has 4 rings (SSSR count). The highest BCUT2D eigenvalue weighted by molar-refractivity contribution is 5.68. The number of allylic oxidation sites excluding steroid dienone is 1. The van der Waals surface area contributed by atoms with Gasteiger partial charge in [0.2, 0.25) is 0 Å². The van der Waals surface area contributed by atoms with E-state index < -0.39 is 5.60 Å². The largest absolute Gasteiger partial charge is 0.389 e. The van der Waals surface area contributed by atoms with Crippen LogP contribution in [0.4, 0.5) is 0 Å². The van der Waals surface area contributed by atoms with Gasteiger partial charge in [-0.15, -0.1) is 0 Å². The number of hydrogen-bond acceptors (Lipinski definition) is 3. The summed E-state index contributed by atoms with van der Waals surface area (Å²) in [7, 11) is 0. The maximum absolute atomic E-state index is 12.4. The van der Waals surface area contributed by atoms with Crippen LogP contribution in [-0.4, -0.2) is 28.2 Å². The first-order chi connectivity index (χ1) is 11.8. The molecule has 4 aliphatic carbocycles. The average molecular weight is 347 g/mol. The van der Waals surface area contributed by atoms with Crippen molar-refractivity contribution in [3.8, 4) is 0 Å². The molecule has 0 amide bonds. The number of aliphatic hydroxyl groups excluding tert-OH is 1. The third-order valence-corrected chi connectivity index (χ3v) is 9.31. The van der Waals surface area contributed by atoms with E-state index in [9.17, 15) is 15.0 Å². The van der Waals surface area contributed by atoms with Crippen LogP contribution in [-0.2, 0) is 4.79 Å². The molecule has 0 aromatic carbocycles. The summed E-state index contributed by atoms with van der Waals surface area (Å²) in [6.45, 7) is 6.48. The Morgan fingerprint density at radius 2 is 1.84 bits per heavy atom. The summed E-state index contributed by atoms with van der Waals surface area (Å²) in [6.07, 6.45) is 9.46. The van der Waals surface area contributed by atoms with Gasteiger partial charge in [0.15, 0.2) is 0 Å². The highest BCUT2D eigenvalue weighted by Crippen LogP contribution is 2.68. The van der Waals surface area contributed by atoms with Gasteiger partial charge in [0.05, 0.1) is 17.1 Å². The van der Waals surface area contributed by atoms with Crippen LogP contribution in [0.2, 0.25) is 0 Å². The zero-order valence-electron chi connectivity index (χ0n) is 16.1. The van der Waals surface area contributed by atoms with Crippen molar-refractivity contribution >= 4 is 6.29 Å². The van der Waals surface area contributed by atoms with Crippen LogP contribution in [0.5, 0.6) is 0 Å². The lowest BCUT2D eigenvalue weighted by molar-refractivity contribution is -0.141. The van der Waals surface area contributed by atoms with E-state index in [-0.39, 0.29) is 16.9 Å². The van der Waals surface area contributed by atoms with Gasteiger partial charge < -0.3 is 15.0 Å². The fourth-order valence-corrected chi connectivity index (χ4v) is 7.70. The minimum Gasteiger partial charge on any atom is -0.389 e. The third-order valence-electron chi connectivity index (χ3n) is 9.31. The van der Waals surface area contributed by atoms with E-state index in [1.54, 1.807) is 0 Å². The van der Waals surface area contributed by atoms with Gasteiger partial charge in [-0.3, -0.25) is 0 Å². The molecule has 0 heterocycles. The van der Waals surface area contributed by atoms with Crippen molar-refractivity contribution in [3.05, 3.63) is 11.1 Å². The molecule has 3 heteroatoms. The molecule has 4 aliphatic rings. The van der Waals surface area contributed by atoms with Crippen LogP contribution in [0, 0.1) is 28.6 Å². The van der Waals surface area contributed by atoms with Crippen molar-refractivity contribution < 1.29 is 15.0 Å². The number of rotatable bonds is 2. The van der Waals surface area contributed by atoms with Gasteiger partial charge in [0.25, 0.3) is 0 Å². The molecule has 0 unspecified atom stereocenters. The van der Waals surface area contributed by atoms with Crippen molar-refractivity contribution in [2.45, 2.75) is 90.3 Å². The molecule has 0 spiro atoms. The number of aliphatic hydroxyl groups is 2. The molecule has 0 aliphatic heterocycles. The van der Waals surface area contributed by atoms with Crippen molar-refractivity contribution in [3.63, 3.8) is 0 Å². The summed E-state index contributed by atoms with van der Waals surface area (Å²) in [6, 6.07) is 0. The van der Waals surface area contributed by atoms with Gasteiger partial charge in [0.1, 0.15) is 6.29 Å². The number of fused-ring (bicyclic) bond motifs is 5. The van der Waals surface area contributed by atoms with Crippen molar-refractivity contribution in [2.75, 3.05) is 0 Å². The highest BCUT2D eigenvalue weighted by atomic mass is 16.3. The molecule has 140 valence electrons. The minimum absolute atomic E-state index is 0.0113. The van der Waals surface area contributed by atoms with E-state index in [1.165, 1.54) is 11.9 Å². The molecule has 3 nitrogen and oxygen atoms in total. The molecule has 0 aromatic rings. The van der Waals surface area contributed by atoms with Crippen LogP contribution >= 0.6 is 0 Å². The summed E-state index contributed by atoms with van der Waals surface area (Å²) < 4.78 is 0. The first-order valence-electron chi connectivity index (χ1n) is 10.4. The predicted molar refractivity (Wildman–Crippen MR) is 98.0 cm³/mol. The molecule has 3 saturated carbocycles. The van der Waals surface area contributed by atoms with Gasteiger partial charge in [-0.05, 0) is 93.5 Å². The number of hydrogen-bond donors (Lipinski definition) is 2. The lowest BCUT2D eigenvalue weighted by atomic mass is 9.45. The first-order valence-corrected chi connectivity index (χ1v) is 10.4. The number of aldehydes is 1. The third kappa shape index (κ3) is 2.09. The van der Waals surface area contributed by atoms with E-state index in [0.717, 1.165) is 63.4 Å². The summed E-state index contributed by atoms with van der Waals surface area (Å²) in [5.41, 5.74) is 1.49. The molecule has 2 N–H and O–H groups in total. The average Bonchev–Trinajstić information content (AvgIpc) is 2.90. The predicted octanol–water partition coefficient (Wildman–Crippen LogP) is 4.02. The Labute approximate surface area is 151 Å². The van der Waals surface area contributed by atoms with Gasteiger partial charge in [-0.2, -0.15) is 0 Å². The van der Waals surface area contributed by atoms with E-state index in [0.29, 0.717) is 17.8 Å². The second-order valence-corrected chi connectivity index (χ2v) is 9.67. The lowest BCUT2D eigenvalue weighted by Crippen LogP contribution is -2.56. The Balaban J connectivity index is 1.74. The van der Waals surface area contributed by atoms with Crippen LogP contribution in [0.15, 0.2) is 11.1 Å². The summed E-state index contributed by atoms with van der Waals surface area (Å²) in [4.78, 5) is 12.4. The second kappa shape index (κ2) is 5.66. The van der Waals surface area contributed by atoms with Crippen LogP contribution in [0.3, 0.4) is 0 Å². The molecule has 3 fully saturated rings. The van der Waals surface area contributed by atoms with Gasteiger partial charge in [-0.25, -0.2) is 0 Å². The lowest BCUT2D eigenvalue weighted by Gasteiger charge is -2.59. The topological polar surface area (TPSA) is 57.5 Å². The van der Waals surface area contributed by atoms with Crippen molar-refractivity contribution in [2.24, 2.45) is 28.6 Å². The standard InChI is InChI=1S/C22H34O3/c1-4-22(25)12-8-17-15-5-6-16-14(2)19(24)9-11-21(16,13-23)18(15)7-10-20(17,22)3/h13,15,17-19,24-25H,4-12H2,1-3H3/t15-,17-,18-,19-,20-,21+,22-/m0/s1. The number of carbonyl (C=O) groups excluding carboxylic acids is 1. The Bertz CT molecular complexity index is 610. The van der Waals surface area contributed by atoms with Crippen LogP contribution in [0.25, 0.3) is 0 Å². The smallest absolute Gasteiger partial charge is 0.130 e. The second-order valence-electron chi connectivity index (χ2n) is 9.67. The number of carbonyl (C=O) groups is 1. The van der Waals surface area contributed by atoms with E-state index in [1.807, 2.05) is 6.92 Å². The van der Waals surface area contributed by atoms with Crippen molar-refractivity contribution in [1.29, 1.82) is 0 Å². The molecular weight excluding hydrogens is 312 g/mol.